The van der Waals surface area contributed by atoms with E-state index < -0.39 is 0 Å². The molecule has 142 valence electrons. The molecule has 2 heterocycles. The summed E-state index contributed by atoms with van der Waals surface area (Å²) in [7, 11) is 1.64. The number of hydrogen-bond donors (Lipinski definition) is 0. The third-order valence-electron chi connectivity index (χ3n) is 4.28. The molecule has 0 radical (unpaired) electrons. The second-order valence-corrected chi connectivity index (χ2v) is 7.57. The molecule has 7 heteroatoms. The average Bonchev–Trinajstić information content (AvgIpc) is 3.39. The average molecular weight is 392 g/mol. The van der Waals surface area contributed by atoms with Crippen molar-refractivity contribution in [1.29, 1.82) is 0 Å². The number of thioether (sulfide) groups is 1. The lowest BCUT2D eigenvalue weighted by Crippen LogP contribution is -2.01. The first kappa shape index (κ1) is 18.3. The third-order valence-corrected chi connectivity index (χ3v) is 5.39. The molecule has 2 aromatic heterocycles. The molecule has 6 nitrogen and oxygen atoms in total. The Balaban J connectivity index is 1.47. The number of imidazole rings is 1. The van der Waals surface area contributed by atoms with Gasteiger partial charge in [0.05, 0.1) is 12.4 Å². The summed E-state index contributed by atoms with van der Waals surface area (Å²) in [6.45, 7) is 2.81. The molecule has 28 heavy (non-hydrogen) atoms. The van der Waals surface area contributed by atoms with Gasteiger partial charge in [0.15, 0.2) is 5.16 Å². The highest BCUT2D eigenvalue weighted by Gasteiger charge is 2.18. The Morgan fingerprint density at radius 2 is 1.86 bits per heavy atom. The molecule has 4 aromatic rings. The van der Waals surface area contributed by atoms with E-state index in [-0.39, 0.29) is 5.25 Å². The maximum atomic E-state index is 5.89. The molecule has 0 aliphatic rings. The zero-order valence-corrected chi connectivity index (χ0v) is 16.5. The van der Waals surface area contributed by atoms with Gasteiger partial charge < -0.3 is 13.7 Å². The van der Waals surface area contributed by atoms with Gasteiger partial charge in [0.1, 0.15) is 5.75 Å². The number of rotatable bonds is 7. The number of nitrogens with zero attached hydrogens (tertiary/aromatic N) is 4. The Hall–Kier alpha value is -3.06. The summed E-state index contributed by atoms with van der Waals surface area (Å²) in [6.07, 6.45) is 3.80. The number of ether oxygens (including phenoxy) is 1. The number of benzene rings is 2. The third kappa shape index (κ3) is 4.09. The molecule has 0 saturated carbocycles. The van der Waals surface area contributed by atoms with E-state index in [9.17, 15) is 0 Å². The summed E-state index contributed by atoms with van der Waals surface area (Å²) < 4.78 is 13.2. The van der Waals surface area contributed by atoms with Crippen molar-refractivity contribution in [2.45, 2.75) is 23.9 Å². The monoisotopic (exact) mass is 392 g/mol. The lowest BCUT2D eigenvalue weighted by molar-refractivity contribution is 0.415. The number of aromatic nitrogens is 4. The smallest absolute Gasteiger partial charge is 0.247 e. The van der Waals surface area contributed by atoms with Crippen molar-refractivity contribution < 1.29 is 9.15 Å². The highest BCUT2D eigenvalue weighted by Crippen LogP contribution is 2.34. The Kier molecular flexibility index (Phi) is 5.43. The van der Waals surface area contributed by atoms with Crippen LogP contribution in [0.25, 0.3) is 11.5 Å². The molecule has 1 unspecified atom stereocenters. The van der Waals surface area contributed by atoms with Gasteiger partial charge >= 0.3 is 0 Å². The van der Waals surface area contributed by atoms with E-state index in [1.54, 1.807) is 18.9 Å². The maximum absolute atomic E-state index is 5.89. The lowest BCUT2D eigenvalue weighted by atomic mass is 10.2. The van der Waals surface area contributed by atoms with Gasteiger partial charge in [0.2, 0.25) is 11.8 Å². The molecular weight excluding hydrogens is 372 g/mol. The fourth-order valence-corrected chi connectivity index (χ4v) is 3.67. The van der Waals surface area contributed by atoms with Gasteiger partial charge in [-0.15, -0.1) is 10.2 Å². The van der Waals surface area contributed by atoms with Crippen LogP contribution in [0.4, 0.5) is 0 Å². The van der Waals surface area contributed by atoms with E-state index in [0.717, 1.165) is 23.0 Å². The summed E-state index contributed by atoms with van der Waals surface area (Å²) >= 11 is 1.60. The second kappa shape index (κ2) is 8.31. The molecule has 0 fully saturated rings. The normalized spacial score (nSPS) is 12.1. The van der Waals surface area contributed by atoms with Crippen molar-refractivity contribution in [3.8, 4) is 17.2 Å². The van der Waals surface area contributed by atoms with Crippen LogP contribution in [0.1, 0.15) is 23.6 Å². The van der Waals surface area contributed by atoms with Gasteiger partial charge in [0, 0.05) is 24.5 Å². The first-order valence-corrected chi connectivity index (χ1v) is 9.80. The Labute approximate surface area is 167 Å². The largest absolute Gasteiger partial charge is 0.497 e. The van der Waals surface area contributed by atoms with Crippen molar-refractivity contribution in [1.82, 2.24) is 19.7 Å². The van der Waals surface area contributed by atoms with Gasteiger partial charge in [-0.2, -0.15) is 0 Å². The Bertz CT molecular complexity index is 1030. The van der Waals surface area contributed by atoms with E-state index >= 15 is 0 Å². The van der Waals surface area contributed by atoms with Gasteiger partial charge in [-0.05, 0) is 36.8 Å². The van der Waals surface area contributed by atoms with Gasteiger partial charge in [-0.1, -0.05) is 42.1 Å². The molecular formula is C21H20N4O2S. The SMILES string of the molecule is COc1ccc(-c2nnc(C(C)Sc3nccn3Cc3ccccc3)o2)cc1. The number of hydrogen-bond acceptors (Lipinski definition) is 6. The van der Waals surface area contributed by atoms with Crippen molar-refractivity contribution in [2.75, 3.05) is 7.11 Å². The summed E-state index contributed by atoms with van der Waals surface area (Å²) in [5.41, 5.74) is 2.09. The molecule has 0 spiro atoms. The standard InChI is InChI=1S/C21H20N4O2S/c1-15(19-23-24-20(27-19)17-8-10-18(26-2)11-9-17)28-21-22-12-13-25(21)14-16-6-4-3-5-7-16/h3-13,15H,14H2,1-2H3. The highest BCUT2D eigenvalue weighted by atomic mass is 32.2. The van der Waals surface area contributed by atoms with Crippen LogP contribution in [0, 0.1) is 0 Å². The summed E-state index contributed by atoms with van der Waals surface area (Å²) in [5, 5.41) is 9.31. The van der Waals surface area contributed by atoms with Crippen LogP contribution in [-0.4, -0.2) is 26.9 Å². The van der Waals surface area contributed by atoms with Crippen molar-refractivity contribution >= 4 is 11.8 Å². The summed E-state index contributed by atoms with van der Waals surface area (Å²) in [4.78, 5) is 4.48. The highest BCUT2D eigenvalue weighted by molar-refractivity contribution is 7.99. The predicted molar refractivity (Wildman–Crippen MR) is 108 cm³/mol. The number of methoxy groups -OCH3 is 1. The molecule has 2 aromatic carbocycles. The topological polar surface area (TPSA) is 66.0 Å². The lowest BCUT2D eigenvalue weighted by Gasteiger charge is -2.10. The zero-order chi connectivity index (χ0) is 19.3. The van der Waals surface area contributed by atoms with Crippen LogP contribution in [0.2, 0.25) is 0 Å². The van der Waals surface area contributed by atoms with E-state index in [1.165, 1.54) is 5.56 Å². The summed E-state index contributed by atoms with van der Waals surface area (Å²) in [6, 6.07) is 17.9. The molecule has 0 aliphatic heterocycles. The molecule has 0 bridgehead atoms. The predicted octanol–water partition coefficient (Wildman–Crippen LogP) is 4.84. The van der Waals surface area contributed by atoms with Crippen LogP contribution < -0.4 is 4.74 Å². The van der Waals surface area contributed by atoms with Crippen LogP contribution in [0.15, 0.2) is 76.6 Å². The van der Waals surface area contributed by atoms with E-state index in [2.05, 4.69) is 31.9 Å². The Morgan fingerprint density at radius 1 is 1.07 bits per heavy atom. The Morgan fingerprint density at radius 3 is 2.61 bits per heavy atom. The van der Waals surface area contributed by atoms with Crippen molar-refractivity contribution in [3.05, 3.63) is 78.4 Å². The zero-order valence-electron chi connectivity index (χ0n) is 15.6. The van der Waals surface area contributed by atoms with Crippen LogP contribution in [0.5, 0.6) is 5.75 Å². The van der Waals surface area contributed by atoms with Crippen LogP contribution in [-0.2, 0) is 6.54 Å². The van der Waals surface area contributed by atoms with Gasteiger partial charge in [-0.25, -0.2) is 4.98 Å². The van der Waals surface area contributed by atoms with Gasteiger partial charge in [0.25, 0.3) is 0 Å². The molecule has 0 N–H and O–H groups in total. The van der Waals surface area contributed by atoms with E-state index in [0.29, 0.717) is 11.8 Å². The molecule has 0 aliphatic carbocycles. The minimum absolute atomic E-state index is 0.0172. The van der Waals surface area contributed by atoms with Crippen molar-refractivity contribution in [2.24, 2.45) is 0 Å². The summed E-state index contributed by atoms with van der Waals surface area (Å²) in [5.74, 6) is 1.86. The minimum atomic E-state index is -0.0172. The minimum Gasteiger partial charge on any atom is -0.497 e. The first-order chi connectivity index (χ1) is 13.7. The second-order valence-electron chi connectivity index (χ2n) is 6.26. The molecule has 0 saturated heterocycles. The van der Waals surface area contributed by atoms with E-state index in [1.807, 2.05) is 61.8 Å². The quantitative estimate of drug-likeness (QED) is 0.419. The molecule has 1 atom stereocenters. The fraction of sp³-hybridized carbons (Fsp3) is 0.190. The van der Waals surface area contributed by atoms with Crippen LogP contribution >= 0.6 is 11.8 Å². The first-order valence-electron chi connectivity index (χ1n) is 8.92. The molecule has 4 rings (SSSR count). The van der Waals surface area contributed by atoms with Gasteiger partial charge in [-0.3, -0.25) is 0 Å². The van der Waals surface area contributed by atoms with E-state index in [4.69, 9.17) is 9.15 Å². The maximum Gasteiger partial charge on any atom is 0.247 e. The van der Waals surface area contributed by atoms with Crippen molar-refractivity contribution in [3.63, 3.8) is 0 Å². The van der Waals surface area contributed by atoms with Crippen LogP contribution in [0.3, 0.4) is 0 Å². The molecule has 0 amide bonds. The fourth-order valence-electron chi connectivity index (χ4n) is 2.77.